The van der Waals surface area contributed by atoms with E-state index in [9.17, 15) is 0 Å². The first-order valence-electron chi connectivity index (χ1n) is 18.9. The third-order valence-corrected chi connectivity index (χ3v) is 12.0. The Bertz CT molecular complexity index is 2090. The number of nitrogens with zero attached hydrogens (tertiary/aromatic N) is 2. The normalized spacial score (nSPS) is 21.8. The van der Waals surface area contributed by atoms with E-state index in [0.717, 1.165) is 52.2 Å². The van der Waals surface area contributed by atoms with Gasteiger partial charge in [-0.15, -0.1) is 71.3 Å². The zero-order valence-electron chi connectivity index (χ0n) is 30.2. The van der Waals surface area contributed by atoms with Crippen LogP contribution in [0.2, 0.25) is 0 Å². The molecule has 2 aromatic heterocycles. The van der Waals surface area contributed by atoms with Crippen LogP contribution in [0.3, 0.4) is 0 Å². The van der Waals surface area contributed by atoms with E-state index in [1.165, 1.54) is 67.0 Å². The Morgan fingerprint density at radius 3 is 2.45 bits per heavy atom. The molecule has 4 atom stereocenters. The van der Waals surface area contributed by atoms with Crippen molar-refractivity contribution in [2.75, 3.05) is 0 Å². The van der Waals surface area contributed by atoms with Gasteiger partial charge in [0.15, 0.2) is 0 Å². The van der Waals surface area contributed by atoms with Crippen molar-refractivity contribution in [3.8, 4) is 33.6 Å². The van der Waals surface area contributed by atoms with Crippen LogP contribution in [0.1, 0.15) is 81.9 Å². The Kier molecular flexibility index (Phi) is 10.7. The maximum Gasteiger partial charge on any atom is 0.0598 e. The van der Waals surface area contributed by atoms with Gasteiger partial charge in [0.2, 0.25) is 0 Å². The van der Waals surface area contributed by atoms with Gasteiger partial charge in [-0.25, -0.2) is 0 Å². The fraction of sp³-hybridized carbons (Fsp3) is 0.333. The molecule has 51 heavy (non-hydrogen) atoms. The van der Waals surface area contributed by atoms with Crippen molar-refractivity contribution in [3.63, 3.8) is 0 Å². The summed E-state index contributed by atoms with van der Waals surface area (Å²) in [5.74, 6) is 3.34. The number of benzene rings is 4. The number of aryl methyl sites for hydroxylation is 1. The van der Waals surface area contributed by atoms with Gasteiger partial charge in [-0.05, 0) is 120 Å². The van der Waals surface area contributed by atoms with Crippen LogP contribution in [-0.2, 0) is 32.9 Å². The quantitative estimate of drug-likeness (QED) is 0.162. The average Bonchev–Trinajstić information content (AvgIpc) is 3.57. The van der Waals surface area contributed by atoms with Crippen molar-refractivity contribution in [2.24, 2.45) is 23.2 Å². The molecule has 0 N–H and O–H groups in total. The Morgan fingerprint density at radius 1 is 0.765 bits per heavy atom. The van der Waals surface area contributed by atoms with Gasteiger partial charge >= 0.3 is 0 Å². The fourth-order valence-corrected chi connectivity index (χ4v) is 9.61. The number of pyridine rings is 2. The van der Waals surface area contributed by atoms with E-state index >= 15 is 0 Å². The van der Waals surface area contributed by atoms with E-state index in [1.807, 2.05) is 48.7 Å². The molecular formula is C48H48IrN2-2. The van der Waals surface area contributed by atoms with Crippen LogP contribution in [0.15, 0.2) is 115 Å². The standard InChI is InChI=1S/C29H30N.C19H18N.Ir/c1-29-15-5-8-27(29)26-13-11-22-18-21(10-12-24(22)25(26)14-16-29)20-6-4-7-23(19-20)28-9-2-3-17-30-28;1-14(2)13-16-9-6-10-19-17(16)11-12-18(20-19)15-7-4-3-5-8-15;/h2-4,6,9-10,12,17-19,25-27H,5,8,11,13-16H2,1H3;3-7,9-12,14H,13H2,1-2H3;/q2*-1;/t25-,26-,27+,29+;;/m1../s1. The molecule has 261 valence electrons. The third-order valence-electron chi connectivity index (χ3n) is 12.0. The average molecular weight is 845 g/mol. The molecule has 3 heteroatoms. The minimum Gasteiger partial charge on any atom is -0.305 e. The second-order valence-corrected chi connectivity index (χ2v) is 15.7. The second kappa shape index (κ2) is 15.4. The Hall–Kier alpha value is -3.91. The number of hydrogen-bond acceptors (Lipinski definition) is 2. The van der Waals surface area contributed by atoms with Crippen molar-refractivity contribution in [2.45, 2.75) is 78.1 Å². The molecule has 0 spiro atoms. The largest absolute Gasteiger partial charge is 0.305 e. The van der Waals surface area contributed by atoms with Crippen molar-refractivity contribution < 1.29 is 20.1 Å². The summed E-state index contributed by atoms with van der Waals surface area (Å²) in [6, 6.07) is 45.1. The van der Waals surface area contributed by atoms with E-state index in [-0.39, 0.29) is 20.1 Å². The predicted octanol–water partition coefficient (Wildman–Crippen LogP) is 12.4. The van der Waals surface area contributed by atoms with Gasteiger partial charge in [0.1, 0.15) is 0 Å². The molecule has 2 nitrogen and oxygen atoms in total. The van der Waals surface area contributed by atoms with E-state index in [2.05, 4.69) is 105 Å². The summed E-state index contributed by atoms with van der Waals surface area (Å²) in [5, 5.41) is 1.26. The molecule has 9 rings (SSSR count). The van der Waals surface area contributed by atoms with Crippen molar-refractivity contribution >= 4 is 10.9 Å². The summed E-state index contributed by atoms with van der Waals surface area (Å²) in [5.41, 5.74) is 13.0. The topological polar surface area (TPSA) is 25.8 Å². The predicted molar refractivity (Wildman–Crippen MR) is 208 cm³/mol. The number of aromatic nitrogens is 2. The van der Waals surface area contributed by atoms with Crippen LogP contribution in [0.25, 0.3) is 44.5 Å². The van der Waals surface area contributed by atoms with Gasteiger partial charge in [-0.1, -0.05) is 81.8 Å². The zero-order chi connectivity index (χ0) is 34.1. The third kappa shape index (κ3) is 7.39. The Balaban J connectivity index is 0.000000169. The number of rotatable bonds is 5. The Morgan fingerprint density at radius 2 is 1.63 bits per heavy atom. The summed E-state index contributed by atoms with van der Waals surface area (Å²) in [7, 11) is 0. The van der Waals surface area contributed by atoms with Crippen LogP contribution in [-0.4, -0.2) is 9.97 Å². The van der Waals surface area contributed by atoms with E-state index in [4.69, 9.17) is 4.98 Å². The number of fused-ring (bicyclic) bond motifs is 6. The van der Waals surface area contributed by atoms with Gasteiger partial charge in [-0.3, -0.25) is 4.98 Å². The van der Waals surface area contributed by atoms with Gasteiger partial charge in [0.05, 0.1) is 5.52 Å². The summed E-state index contributed by atoms with van der Waals surface area (Å²) >= 11 is 0. The zero-order valence-corrected chi connectivity index (χ0v) is 32.6. The van der Waals surface area contributed by atoms with Crippen LogP contribution in [0.4, 0.5) is 0 Å². The molecule has 0 unspecified atom stereocenters. The minimum atomic E-state index is 0. The molecule has 0 bridgehead atoms. The van der Waals surface area contributed by atoms with Gasteiger partial charge in [0.25, 0.3) is 0 Å². The smallest absolute Gasteiger partial charge is 0.0598 e. The maximum absolute atomic E-state index is 4.78. The minimum absolute atomic E-state index is 0. The van der Waals surface area contributed by atoms with Crippen LogP contribution < -0.4 is 0 Å². The Labute approximate surface area is 318 Å². The monoisotopic (exact) mass is 845 g/mol. The second-order valence-electron chi connectivity index (χ2n) is 15.7. The van der Waals surface area contributed by atoms with E-state index in [0.29, 0.717) is 11.3 Å². The van der Waals surface area contributed by atoms with Crippen LogP contribution in [0, 0.1) is 35.3 Å². The number of hydrogen-bond donors (Lipinski definition) is 0. The summed E-state index contributed by atoms with van der Waals surface area (Å²) in [4.78, 5) is 9.28. The summed E-state index contributed by atoms with van der Waals surface area (Å²) < 4.78 is 0. The molecule has 4 aromatic carbocycles. The first kappa shape index (κ1) is 35.5. The van der Waals surface area contributed by atoms with Crippen LogP contribution in [0.5, 0.6) is 0 Å². The van der Waals surface area contributed by atoms with Gasteiger partial charge < -0.3 is 4.98 Å². The molecule has 3 aliphatic carbocycles. The van der Waals surface area contributed by atoms with E-state index in [1.54, 1.807) is 11.1 Å². The first-order valence-corrected chi connectivity index (χ1v) is 18.9. The van der Waals surface area contributed by atoms with Crippen LogP contribution >= 0.6 is 0 Å². The molecule has 2 heterocycles. The van der Waals surface area contributed by atoms with E-state index < -0.39 is 0 Å². The molecular weight excluding hydrogens is 797 g/mol. The molecule has 2 saturated carbocycles. The molecule has 6 aromatic rings. The van der Waals surface area contributed by atoms with Gasteiger partial charge in [0, 0.05) is 31.7 Å². The molecule has 2 fully saturated rings. The fourth-order valence-electron chi connectivity index (χ4n) is 9.61. The van der Waals surface area contributed by atoms with Crippen molar-refractivity contribution in [1.29, 1.82) is 0 Å². The molecule has 0 saturated heterocycles. The SMILES string of the molecule is CC(C)Cc1cccc2nc(-c3[c-]cccc3)ccc12.C[C@@]12CCC[C@H]1[C@@H]1CCc3cc(-c4cc[c-]c(-c5ccccn5)c4)ccc3[C@H]1CC2.[Ir]. The summed E-state index contributed by atoms with van der Waals surface area (Å²) in [6.45, 7) is 7.09. The van der Waals surface area contributed by atoms with Gasteiger partial charge in [-0.2, -0.15) is 0 Å². The van der Waals surface area contributed by atoms with Crippen molar-refractivity contribution in [1.82, 2.24) is 9.97 Å². The molecule has 1 radical (unpaired) electrons. The van der Waals surface area contributed by atoms with Crippen molar-refractivity contribution in [3.05, 3.63) is 144 Å². The molecule has 3 aliphatic rings. The first-order chi connectivity index (χ1) is 24.4. The molecule has 0 amide bonds. The summed E-state index contributed by atoms with van der Waals surface area (Å²) in [6.07, 6.45) is 12.8. The maximum atomic E-state index is 4.78. The molecule has 0 aliphatic heterocycles.